The summed E-state index contributed by atoms with van der Waals surface area (Å²) in [5.74, 6) is -0.568. The Balaban J connectivity index is 1.47. The van der Waals surface area contributed by atoms with E-state index in [1.165, 1.54) is 16.8 Å². The van der Waals surface area contributed by atoms with E-state index in [0.29, 0.717) is 25.6 Å². The number of hydrogen-bond acceptors (Lipinski definition) is 7. The Labute approximate surface area is 232 Å². The second-order valence-corrected chi connectivity index (χ2v) is 11.2. The molecule has 3 heterocycles. The third-order valence-electron chi connectivity index (χ3n) is 7.17. The molecule has 0 unspecified atom stereocenters. The van der Waals surface area contributed by atoms with Gasteiger partial charge in [-0.2, -0.15) is 5.10 Å². The molecule has 1 saturated heterocycles. The van der Waals surface area contributed by atoms with Crippen molar-refractivity contribution in [2.75, 3.05) is 19.6 Å². The number of nitrogens with one attached hydrogen (secondary N) is 1. The van der Waals surface area contributed by atoms with E-state index in [1.54, 1.807) is 11.8 Å². The molecular weight excluding hydrogens is 530 g/mol. The first-order valence-corrected chi connectivity index (χ1v) is 14.7. The Bertz CT molecular complexity index is 1620. The van der Waals surface area contributed by atoms with Crippen molar-refractivity contribution in [3.63, 3.8) is 0 Å². The predicted molar refractivity (Wildman–Crippen MR) is 149 cm³/mol. The van der Waals surface area contributed by atoms with Gasteiger partial charge in [-0.3, -0.25) is 14.6 Å². The van der Waals surface area contributed by atoms with Gasteiger partial charge in [0, 0.05) is 32.4 Å². The molecule has 4 aromatic rings. The van der Waals surface area contributed by atoms with Gasteiger partial charge in [-0.25, -0.2) is 28.5 Å². The third-order valence-corrected chi connectivity index (χ3v) is 8.07. The summed E-state index contributed by atoms with van der Waals surface area (Å²) in [5, 5.41) is 10.9. The summed E-state index contributed by atoms with van der Waals surface area (Å²) in [7, 11) is -4.17. The van der Waals surface area contributed by atoms with Gasteiger partial charge < -0.3 is 4.90 Å². The minimum absolute atomic E-state index is 0.0414. The number of hydrogen-bond donors (Lipinski definition) is 2. The number of amides is 2. The molecule has 1 aliphatic heterocycles. The quantitative estimate of drug-likeness (QED) is 0.315. The number of carbonyl (C=O) groups excluding carboxylic acids is 2. The molecule has 0 aliphatic carbocycles. The van der Waals surface area contributed by atoms with Crippen LogP contribution in [-0.4, -0.2) is 64.4 Å². The van der Waals surface area contributed by atoms with E-state index in [0.717, 1.165) is 29.1 Å². The number of likely N-dealkylation sites (tertiary alicyclic amines) is 1. The van der Waals surface area contributed by atoms with Crippen LogP contribution in [0.3, 0.4) is 0 Å². The van der Waals surface area contributed by atoms with Gasteiger partial charge in [0.1, 0.15) is 10.6 Å². The molecule has 1 fully saturated rings. The van der Waals surface area contributed by atoms with Crippen molar-refractivity contribution in [2.24, 2.45) is 5.14 Å². The van der Waals surface area contributed by atoms with Crippen molar-refractivity contribution in [3.05, 3.63) is 95.4 Å². The van der Waals surface area contributed by atoms with E-state index in [4.69, 9.17) is 5.14 Å². The Hall–Kier alpha value is -4.13. The Kier molecular flexibility index (Phi) is 7.92. The van der Waals surface area contributed by atoms with Gasteiger partial charge in [-0.15, -0.1) is 0 Å². The summed E-state index contributed by atoms with van der Waals surface area (Å²) in [6, 6.07) is 19.8. The van der Waals surface area contributed by atoms with Gasteiger partial charge in [-0.05, 0) is 36.8 Å². The molecule has 2 aromatic carbocycles. The SMILES string of the molecule is CCN(NCc1ccccc1)C(=O)c1c(C(=O)N2CCC(c3ccccc3)CC2)cnc2c(S(N)(=O)=O)cnn12. The fourth-order valence-electron chi connectivity index (χ4n) is 5.02. The highest BCUT2D eigenvalue weighted by Crippen LogP contribution is 2.29. The molecule has 0 saturated carbocycles. The van der Waals surface area contributed by atoms with Crippen LogP contribution in [-0.2, 0) is 16.6 Å². The van der Waals surface area contributed by atoms with Gasteiger partial charge in [0.2, 0.25) is 10.0 Å². The second-order valence-electron chi connectivity index (χ2n) is 9.66. The monoisotopic (exact) mass is 561 g/mol. The van der Waals surface area contributed by atoms with Crippen molar-refractivity contribution in [3.8, 4) is 0 Å². The number of nitrogens with zero attached hydrogens (tertiary/aromatic N) is 5. The van der Waals surface area contributed by atoms with E-state index in [9.17, 15) is 18.0 Å². The fourth-order valence-corrected chi connectivity index (χ4v) is 5.61. The minimum Gasteiger partial charge on any atom is -0.338 e. The number of primary sulfonamides is 1. The molecule has 3 N–H and O–H groups in total. The van der Waals surface area contributed by atoms with Crippen LogP contribution in [0.15, 0.2) is 78.0 Å². The highest BCUT2D eigenvalue weighted by molar-refractivity contribution is 7.89. The molecule has 5 rings (SSSR count). The van der Waals surface area contributed by atoms with Crippen molar-refractivity contribution in [1.29, 1.82) is 0 Å². The summed E-state index contributed by atoms with van der Waals surface area (Å²) in [5.41, 5.74) is 5.14. The molecule has 208 valence electrons. The summed E-state index contributed by atoms with van der Waals surface area (Å²) in [6.45, 7) is 3.45. The van der Waals surface area contributed by atoms with E-state index in [2.05, 4.69) is 27.6 Å². The van der Waals surface area contributed by atoms with E-state index >= 15 is 0 Å². The van der Waals surface area contributed by atoms with E-state index in [1.807, 2.05) is 48.5 Å². The lowest BCUT2D eigenvalue weighted by Gasteiger charge is -2.33. The Morgan fingerprint density at radius 1 is 1.02 bits per heavy atom. The topological polar surface area (TPSA) is 143 Å². The number of hydrazine groups is 1. The summed E-state index contributed by atoms with van der Waals surface area (Å²) >= 11 is 0. The largest absolute Gasteiger partial charge is 0.338 e. The second kappa shape index (κ2) is 11.5. The van der Waals surface area contributed by atoms with Crippen LogP contribution in [0.2, 0.25) is 0 Å². The first kappa shape index (κ1) is 27.4. The number of piperidine rings is 1. The lowest BCUT2D eigenvalue weighted by Crippen LogP contribution is -2.45. The number of rotatable bonds is 8. The first-order valence-electron chi connectivity index (χ1n) is 13.1. The maximum atomic E-state index is 13.9. The van der Waals surface area contributed by atoms with Gasteiger partial charge in [-0.1, -0.05) is 60.7 Å². The van der Waals surface area contributed by atoms with Crippen molar-refractivity contribution < 1.29 is 18.0 Å². The van der Waals surface area contributed by atoms with Crippen LogP contribution in [0.4, 0.5) is 0 Å². The molecule has 0 radical (unpaired) electrons. The average Bonchev–Trinajstić information content (AvgIpc) is 3.43. The number of sulfonamides is 1. The maximum absolute atomic E-state index is 13.9. The molecule has 40 heavy (non-hydrogen) atoms. The average molecular weight is 562 g/mol. The smallest absolute Gasteiger partial charge is 0.287 e. The Morgan fingerprint density at radius 3 is 2.30 bits per heavy atom. The van der Waals surface area contributed by atoms with Crippen molar-refractivity contribution in [2.45, 2.75) is 37.1 Å². The Morgan fingerprint density at radius 2 is 1.68 bits per heavy atom. The number of fused-ring (bicyclic) bond motifs is 1. The fraction of sp³-hybridized carbons (Fsp3) is 0.286. The molecule has 2 amide bonds. The zero-order valence-corrected chi connectivity index (χ0v) is 22.9. The van der Waals surface area contributed by atoms with Gasteiger partial charge in [0.05, 0.1) is 11.8 Å². The van der Waals surface area contributed by atoms with Crippen molar-refractivity contribution >= 4 is 27.5 Å². The molecule has 12 heteroatoms. The first-order chi connectivity index (χ1) is 19.3. The normalized spacial score (nSPS) is 14.4. The number of benzene rings is 2. The van der Waals surface area contributed by atoms with Gasteiger partial charge in [0.25, 0.3) is 11.8 Å². The van der Waals surface area contributed by atoms with Crippen molar-refractivity contribution in [1.82, 2.24) is 29.9 Å². The molecule has 0 bridgehead atoms. The highest BCUT2D eigenvalue weighted by Gasteiger charge is 2.32. The molecule has 2 aromatic heterocycles. The molecule has 1 aliphatic rings. The molecule has 0 atom stereocenters. The molecule has 0 spiro atoms. The zero-order chi connectivity index (χ0) is 28.3. The van der Waals surface area contributed by atoms with Gasteiger partial charge >= 0.3 is 0 Å². The maximum Gasteiger partial charge on any atom is 0.287 e. The third kappa shape index (κ3) is 5.60. The number of nitrogens with two attached hydrogens (primary N) is 1. The lowest BCUT2D eigenvalue weighted by molar-refractivity contribution is 0.0633. The molecular formula is C28H31N7O4S. The zero-order valence-electron chi connectivity index (χ0n) is 22.1. The number of aromatic nitrogens is 3. The van der Waals surface area contributed by atoms with Crippen LogP contribution in [0.1, 0.15) is 57.7 Å². The summed E-state index contributed by atoms with van der Waals surface area (Å²) in [4.78, 5) is 33.3. The number of carbonyl (C=O) groups is 2. The van der Waals surface area contributed by atoms with Crippen LogP contribution < -0.4 is 10.6 Å². The van der Waals surface area contributed by atoms with Crippen LogP contribution in [0.5, 0.6) is 0 Å². The van der Waals surface area contributed by atoms with Gasteiger partial charge in [0.15, 0.2) is 5.65 Å². The standard InChI is InChI=1S/C28H31N7O4S/c1-2-34(31-17-20-9-5-3-6-10-20)28(37)25-23(18-30-26-24(40(29,38)39)19-32-35(25)26)27(36)33-15-13-22(14-16-33)21-11-7-4-8-12-21/h3-12,18-19,22,31H,2,13-17H2,1H3,(H2,29,38,39). The van der Waals surface area contributed by atoms with Crippen LogP contribution >= 0.6 is 0 Å². The molecule has 11 nitrogen and oxygen atoms in total. The predicted octanol–water partition coefficient (Wildman–Crippen LogP) is 2.56. The lowest BCUT2D eigenvalue weighted by atomic mass is 9.89. The summed E-state index contributed by atoms with van der Waals surface area (Å²) < 4.78 is 25.4. The minimum atomic E-state index is -4.17. The van der Waals surface area contributed by atoms with Crippen LogP contribution in [0, 0.1) is 0 Å². The van der Waals surface area contributed by atoms with E-state index < -0.39 is 15.9 Å². The van der Waals surface area contributed by atoms with Crippen LogP contribution in [0.25, 0.3) is 5.65 Å². The highest BCUT2D eigenvalue weighted by atomic mass is 32.2. The van der Waals surface area contributed by atoms with E-state index in [-0.39, 0.29) is 34.3 Å². The summed E-state index contributed by atoms with van der Waals surface area (Å²) in [6.07, 6.45) is 3.86.